The Balaban J connectivity index is 1.41. The summed E-state index contributed by atoms with van der Waals surface area (Å²) in [6.07, 6.45) is 5.87. The van der Waals surface area contributed by atoms with E-state index in [-0.39, 0.29) is 35.7 Å². The Morgan fingerprint density at radius 2 is 1.74 bits per heavy atom. The molecule has 2 aliphatic heterocycles. The summed E-state index contributed by atoms with van der Waals surface area (Å²) in [7, 11) is 0. The molecule has 2 heterocycles. The number of amides is 3. The summed E-state index contributed by atoms with van der Waals surface area (Å²) in [5.74, 6) is -0.568. The lowest BCUT2D eigenvalue weighted by molar-refractivity contribution is -0.128. The Kier molecular flexibility index (Phi) is 5.25. The zero-order chi connectivity index (χ0) is 18.8. The second-order valence-corrected chi connectivity index (χ2v) is 7.80. The first-order valence-corrected chi connectivity index (χ1v) is 9.99. The van der Waals surface area contributed by atoms with Gasteiger partial charge in [-0.15, -0.1) is 0 Å². The third-order valence-electron chi connectivity index (χ3n) is 6.07. The second-order valence-electron chi connectivity index (χ2n) is 7.80. The fraction of sp³-hybridized carbons (Fsp3) is 0.571. The normalized spacial score (nSPS) is 27.7. The van der Waals surface area contributed by atoms with Gasteiger partial charge in [0.05, 0.1) is 17.2 Å². The fourth-order valence-electron chi connectivity index (χ4n) is 4.56. The molecule has 1 saturated heterocycles. The van der Waals surface area contributed by atoms with Crippen LogP contribution in [-0.2, 0) is 9.53 Å². The average Bonchev–Trinajstić information content (AvgIpc) is 3.30. The van der Waals surface area contributed by atoms with Crippen molar-refractivity contribution < 1.29 is 19.1 Å². The van der Waals surface area contributed by atoms with E-state index in [0.29, 0.717) is 24.2 Å². The second kappa shape index (κ2) is 7.80. The van der Waals surface area contributed by atoms with Crippen molar-refractivity contribution in [1.29, 1.82) is 0 Å². The average molecular weight is 370 g/mol. The third-order valence-corrected chi connectivity index (χ3v) is 6.07. The molecule has 3 unspecified atom stereocenters. The molecule has 2 fully saturated rings. The molecule has 6 heteroatoms. The summed E-state index contributed by atoms with van der Waals surface area (Å²) in [5.41, 5.74) is 0.940. The highest BCUT2D eigenvalue weighted by atomic mass is 16.5. The predicted octanol–water partition coefficient (Wildman–Crippen LogP) is 2.38. The molecule has 1 N–H and O–H groups in total. The van der Waals surface area contributed by atoms with E-state index in [2.05, 4.69) is 5.32 Å². The summed E-state index contributed by atoms with van der Waals surface area (Å²) >= 11 is 0. The molecule has 3 aliphatic rings. The first kappa shape index (κ1) is 18.2. The van der Waals surface area contributed by atoms with Crippen LogP contribution in [0.1, 0.15) is 59.2 Å². The van der Waals surface area contributed by atoms with Gasteiger partial charge in [-0.2, -0.15) is 0 Å². The molecule has 27 heavy (non-hydrogen) atoms. The van der Waals surface area contributed by atoms with Gasteiger partial charge >= 0.3 is 0 Å². The van der Waals surface area contributed by atoms with Gasteiger partial charge < -0.3 is 10.1 Å². The van der Waals surface area contributed by atoms with Crippen molar-refractivity contribution in [2.45, 2.75) is 44.6 Å². The zero-order valence-electron chi connectivity index (χ0n) is 15.5. The van der Waals surface area contributed by atoms with E-state index < -0.39 is 0 Å². The summed E-state index contributed by atoms with van der Waals surface area (Å²) < 4.78 is 5.58. The standard InChI is InChI=1S/C21H26N2O4/c24-19(22-12-15-7-5-11-27-15)16-8-2-1-6-14(16)13-23-20(25)17-9-3-4-10-18(17)21(23)26/h3-4,9-10,14-16H,1-2,5-8,11-13H2,(H,22,24). The van der Waals surface area contributed by atoms with Crippen LogP contribution in [0.5, 0.6) is 0 Å². The predicted molar refractivity (Wildman–Crippen MR) is 99.2 cm³/mol. The maximum absolute atomic E-state index is 12.8. The van der Waals surface area contributed by atoms with E-state index in [1.807, 2.05) is 0 Å². The van der Waals surface area contributed by atoms with Crippen molar-refractivity contribution >= 4 is 17.7 Å². The Bertz CT molecular complexity index is 706. The van der Waals surface area contributed by atoms with Crippen LogP contribution in [-0.4, -0.2) is 48.4 Å². The van der Waals surface area contributed by atoms with Crippen molar-refractivity contribution in [3.05, 3.63) is 35.4 Å². The molecule has 1 saturated carbocycles. The van der Waals surface area contributed by atoms with Crippen LogP contribution in [0.15, 0.2) is 24.3 Å². The molecule has 6 nitrogen and oxygen atoms in total. The zero-order valence-corrected chi connectivity index (χ0v) is 15.5. The summed E-state index contributed by atoms with van der Waals surface area (Å²) in [6, 6.07) is 6.94. The first-order valence-electron chi connectivity index (χ1n) is 9.99. The molecule has 3 atom stereocenters. The van der Waals surface area contributed by atoms with Crippen LogP contribution >= 0.6 is 0 Å². The van der Waals surface area contributed by atoms with Crippen molar-refractivity contribution in [3.8, 4) is 0 Å². The fourth-order valence-corrected chi connectivity index (χ4v) is 4.56. The monoisotopic (exact) mass is 370 g/mol. The minimum atomic E-state index is -0.236. The number of nitrogens with zero attached hydrogens (tertiary/aromatic N) is 1. The number of hydrogen-bond acceptors (Lipinski definition) is 4. The van der Waals surface area contributed by atoms with Crippen molar-refractivity contribution in [2.75, 3.05) is 19.7 Å². The first-order chi connectivity index (χ1) is 13.1. The highest BCUT2D eigenvalue weighted by Gasteiger charge is 2.40. The highest BCUT2D eigenvalue weighted by molar-refractivity contribution is 6.21. The molecular formula is C21H26N2O4. The number of imide groups is 1. The van der Waals surface area contributed by atoms with Crippen molar-refractivity contribution in [1.82, 2.24) is 10.2 Å². The van der Waals surface area contributed by atoms with E-state index >= 15 is 0 Å². The number of nitrogens with one attached hydrogen (secondary N) is 1. The maximum Gasteiger partial charge on any atom is 0.261 e. The number of fused-ring (bicyclic) bond motifs is 1. The van der Waals surface area contributed by atoms with E-state index in [9.17, 15) is 14.4 Å². The molecule has 0 bridgehead atoms. The molecule has 1 aromatic carbocycles. The maximum atomic E-state index is 12.8. The molecule has 0 aromatic heterocycles. The summed E-state index contributed by atoms with van der Waals surface area (Å²) in [6.45, 7) is 1.64. The van der Waals surface area contributed by atoms with Crippen molar-refractivity contribution in [2.24, 2.45) is 11.8 Å². The highest BCUT2D eigenvalue weighted by Crippen LogP contribution is 2.33. The molecule has 0 radical (unpaired) electrons. The SMILES string of the molecule is O=C(NCC1CCCO1)C1CCCCC1CN1C(=O)c2ccccc2C1=O. The molecule has 144 valence electrons. The molecule has 1 aliphatic carbocycles. The van der Waals surface area contributed by atoms with Crippen LogP contribution < -0.4 is 5.32 Å². The van der Waals surface area contributed by atoms with Gasteiger partial charge in [0, 0.05) is 25.6 Å². The van der Waals surface area contributed by atoms with Crippen LogP contribution in [0, 0.1) is 11.8 Å². The molecule has 4 rings (SSSR count). The lowest BCUT2D eigenvalue weighted by Crippen LogP contribution is -2.44. The van der Waals surface area contributed by atoms with Crippen LogP contribution in [0.4, 0.5) is 0 Å². The lowest BCUT2D eigenvalue weighted by atomic mass is 9.78. The van der Waals surface area contributed by atoms with Crippen LogP contribution in [0.25, 0.3) is 0 Å². The van der Waals surface area contributed by atoms with Crippen LogP contribution in [0.2, 0.25) is 0 Å². The smallest absolute Gasteiger partial charge is 0.261 e. The van der Waals surface area contributed by atoms with Gasteiger partial charge in [-0.25, -0.2) is 0 Å². The molecule has 0 spiro atoms. The van der Waals surface area contributed by atoms with Gasteiger partial charge in [0.2, 0.25) is 5.91 Å². The summed E-state index contributed by atoms with van der Waals surface area (Å²) in [4.78, 5) is 39.4. The van der Waals surface area contributed by atoms with Gasteiger partial charge in [-0.1, -0.05) is 25.0 Å². The van der Waals surface area contributed by atoms with E-state index in [1.165, 1.54) is 4.90 Å². The molecule has 1 aromatic rings. The quantitative estimate of drug-likeness (QED) is 0.808. The minimum Gasteiger partial charge on any atom is -0.376 e. The van der Waals surface area contributed by atoms with E-state index in [4.69, 9.17) is 4.74 Å². The van der Waals surface area contributed by atoms with Gasteiger partial charge in [0.15, 0.2) is 0 Å². The number of ether oxygens (including phenoxy) is 1. The summed E-state index contributed by atoms with van der Waals surface area (Å²) in [5, 5.41) is 3.04. The minimum absolute atomic E-state index is 0.0189. The Morgan fingerprint density at radius 1 is 1.04 bits per heavy atom. The van der Waals surface area contributed by atoms with Crippen LogP contribution in [0.3, 0.4) is 0 Å². The Hall–Kier alpha value is -2.21. The van der Waals surface area contributed by atoms with Gasteiger partial charge in [0.1, 0.15) is 0 Å². The topological polar surface area (TPSA) is 75.7 Å². The van der Waals surface area contributed by atoms with E-state index in [0.717, 1.165) is 45.1 Å². The number of hydrogen-bond donors (Lipinski definition) is 1. The number of benzene rings is 1. The van der Waals surface area contributed by atoms with Crippen molar-refractivity contribution in [3.63, 3.8) is 0 Å². The number of carbonyl (C=O) groups excluding carboxylic acids is 3. The van der Waals surface area contributed by atoms with Gasteiger partial charge in [-0.3, -0.25) is 19.3 Å². The Labute approximate surface area is 159 Å². The molecular weight excluding hydrogens is 344 g/mol. The van der Waals surface area contributed by atoms with E-state index in [1.54, 1.807) is 24.3 Å². The Morgan fingerprint density at radius 3 is 2.41 bits per heavy atom. The van der Waals surface area contributed by atoms with Gasteiger partial charge in [-0.05, 0) is 43.7 Å². The number of carbonyl (C=O) groups is 3. The number of rotatable bonds is 5. The van der Waals surface area contributed by atoms with Gasteiger partial charge in [0.25, 0.3) is 11.8 Å². The third kappa shape index (κ3) is 3.63. The molecule has 3 amide bonds. The largest absolute Gasteiger partial charge is 0.376 e. The lowest BCUT2D eigenvalue weighted by Gasteiger charge is -2.33.